The summed E-state index contributed by atoms with van der Waals surface area (Å²) in [5.41, 5.74) is 0.390. The molecule has 0 atom stereocenters. The van der Waals surface area contributed by atoms with E-state index in [9.17, 15) is 22.4 Å². The summed E-state index contributed by atoms with van der Waals surface area (Å²) in [6.45, 7) is 2.66. The number of aromatic nitrogens is 5. The number of hydrogen-bond donors (Lipinski definition) is 2. The van der Waals surface area contributed by atoms with Crippen LogP contribution in [0.25, 0.3) is 16.7 Å². The van der Waals surface area contributed by atoms with Crippen LogP contribution in [0.5, 0.6) is 0 Å². The van der Waals surface area contributed by atoms with Crippen molar-refractivity contribution in [3.63, 3.8) is 0 Å². The molecule has 0 saturated carbocycles. The molecule has 1 aliphatic rings. The lowest BCUT2D eigenvalue weighted by Gasteiger charge is -2.18. The Morgan fingerprint density at radius 1 is 1.08 bits per heavy atom. The predicted molar refractivity (Wildman–Crippen MR) is 126 cm³/mol. The topological polar surface area (TPSA) is 89.7 Å². The molecule has 0 aliphatic carbocycles. The van der Waals surface area contributed by atoms with Gasteiger partial charge >= 0.3 is 6.18 Å². The van der Waals surface area contributed by atoms with Gasteiger partial charge in [-0.05, 0) is 62.2 Å². The molecule has 12 heteroatoms. The number of benzene rings is 1. The minimum atomic E-state index is -4.68. The Bertz CT molecular complexity index is 1500. The molecule has 5 rings (SSSR count). The lowest BCUT2D eigenvalue weighted by molar-refractivity contribution is -0.144. The van der Waals surface area contributed by atoms with Crippen molar-refractivity contribution in [2.24, 2.45) is 0 Å². The minimum absolute atomic E-state index is 0.00353. The normalized spacial score (nSPS) is 14.2. The minimum Gasteiger partial charge on any atom is -0.324 e. The maximum Gasteiger partial charge on any atom is 0.408 e. The summed E-state index contributed by atoms with van der Waals surface area (Å²) in [6.07, 6.45) is -1.35. The third-order valence-electron chi connectivity index (χ3n) is 5.95. The highest BCUT2D eigenvalue weighted by atomic mass is 19.4. The third-order valence-corrected chi connectivity index (χ3v) is 5.95. The van der Waals surface area contributed by atoms with E-state index in [1.807, 2.05) is 18.2 Å². The Labute approximate surface area is 203 Å². The summed E-state index contributed by atoms with van der Waals surface area (Å²) < 4.78 is 56.4. The molecule has 4 aromatic rings. The molecular weight excluding hydrogens is 478 g/mol. The summed E-state index contributed by atoms with van der Waals surface area (Å²) in [5.74, 6) is 0.106. The van der Waals surface area contributed by atoms with E-state index in [1.54, 1.807) is 0 Å². The number of nitrogens with one attached hydrogen (secondary N) is 2. The molecule has 4 heterocycles. The van der Waals surface area contributed by atoms with E-state index < -0.39 is 23.9 Å². The molecule has 1 aliphatic heterocycles. The second-order valence-electron chi connectivity index (χ2n) is 9.13. The summed E-state index contributed by atoms with van der Waals surface area (Å²) in [5, 5.41) is 6.28. The Morgan fingerprint density at radius 3 is 2.64 bits per heavy atom. The highest BCUT2D eigenvalue weighted by molar-refractivity contribution is 5.77. The van der Waals surface area contributed by atoms with Crippen LogP contribution in [-0.4, -0.2) is 37.0 Å². The van der Waals surface area contributed by atoms with E-state index in [2.05, 4.69) is 25.6 Å². The molecule has 188 valence electrons. The average molecular weight is 501 g/mol. The molecule has 0 spiro atoms. The van der Waals surface area contributed by atoms with Gasteiger partial charge in [-0.25, -0.2) is 18.7 Å². The molecule has 1 aromatic carbocycles. The van der Waals surface area contributed by atoms with Crippen molar-refractivity contribution in [3.8, 4) is 5.69 Å². The SMILES string of the molecule is CC(C)(F)c1cc(-n2c3nc(Nc4ccc5c(c4)CCNC5)ncc3c(=O)n2CC(F)(F)F)ccn1. The summed E-state index contributed by atoms with van der Waals surface area (Å²) in [6, 6.07) is 8.52. The standard InChI is InChI=1S/C24H23F4N7O/c1-23(2,25)19-10-17(6-8-30-19)35-20-18(21(36)34(35)13-24(26,27)28)12-31-22(33-20)32-16-4-3-15-11-29-7-5-14(15)9-16/h3-4,6,8-10,12,29H,5,7,11,13H2,1-2H3,(H,31,32,33). The van der Waals surface area contributed by atoms with Crippen LogP contribution in [0.15, 0.2) is 47.5 Å². The van der Waals surface area contributed by atoms with Crippen LogP contribution < -0.4 is 16.2 Å². The number of rotatable bonds is 5. The van der Waals surface area contributed by atoms with Gasteiger partial charge in [-0.2, -0.15) is 18.2 Å². The first kappa shape index (κ1) is 23.9. The number of alkyl halides is 4. The summed E-state index contributed by atoms with van der Waals surface area (Å²) in [7, 11) is 0. The lowest BCUT2D eigenvalue weighted by atomic mass is 10.0. The first-order chi connectivity index (χ1) is 17.0. The van der Waals surface area contributed by atoms with Crippen LogP contribution in [0.4, 0.5) is 29.2 Å². The molecule has 36 heavy (non-hydrogen) atoms. The Balaban J connectivity index is 1.64. The van der Waals surface area contributed by atoms with Crippen molar-refractivity contribution >= 4 is 22.7 Å². The van der Waals surface area contributed by atoms with E-state index in [0.717, 1.165) is 24.2 Å². The predicted octanol–water partition coefficient (Wildman–Crippen LogP) is 4.13. The maximum atomic E-state index is 14.6. The molecule has 2 N–H and O–H groups in total. The van der Waals surface area contributed by atoms with Gasteiger partial charge < -0.3 is 10.6 Å². The van der Waals surface area contributed by atoms with E-state index in [0.29, 0.717) is 10.4 Å². The average Bonchev–Trinajstić information content (AvgIpc) is 3.08. The fourth-order valence-electron chi connectivity index (χ4n) is 4.22. The van der Waals surface area contributed by atoms with Gasteiger partial charge in [0, 0.05) is 24.6 Å². The second-order valence-corrected chi connectivity index (χ2v) is 9.13. The van der Waals surface area contributed by atoms with Crippen molar-refractivity contribution in [2.75, 3.05) is 11.9 Å². The molecule has 3 aromatic heterocycles. The van der Waals surface area contributed by atoms with Gasteiger partial charge in [0.25, 0.3) is 5.56 Å². The molecular formula is C24H23F4N7O. The van der Waals surface area contributed by atoms with Gasteiger partial charge in [0.2, 0.25) is 5.95 Å². The highest BCUT2D eigenvalue weighted by Gasteiger charge is 2.32. The largest absolute Gasteiger partial charge is 0.408 e. The van der Waals surface area contributed by atoms with Gasteiger partial charge in [-0.15, -0.1) is 0 Å². The molecule has 8 nitrogen and oxygen atoms in total. The van der Waals surface area contributed by atoms with Crippen molar-refractivity contribution in [3.05, 3.63) is 69.9 Å². The van der Waals surface area contributed by atoms with E-state index in [4.69, 9.17) is 0 Å². The van der Waals surface area contributed by atoms with Crippen molar-refractivity contribution in [1.82, 2.24) is 29.6 Å². The summed E-state index contributed by atoms with van der Waals surface area (Å²) in [4.78, 5) is 25.5. The summed E-state index contributed by atoms with van der Waals surface area (Å²) >= 11 is 0. The molecule has 0 bridgehead atoms. The smallest absolute Gasteiger partial charge is 0.324 e. The fraction of sp³-hybridized carbons (Fsp3) is 0.333. The zero-order valence-corrected chi connectivity index (χ0v) is 19.5. The van der Waals surface area contributed by atoms with Crippen LogP contribution in [0.1, 0.15) is 30.7 Å². The van der Waals surface area contributed by atoms with E-state index in [-0.39, 0.29) is 28.4 Å². The van der Waals surface area contributed by atoms with Crippen LogP contribution in [0, 0.1) is 0 Å². The van der Waals surface area contributed by atoms with Crippen LogP contribution in [-0.2, 0) is 25.2 Å². The Hall–Kier alpha value is -3.80. The van der Waals surface area contributed by atoms with Crippen molar-refractivity contribution < 1.29 is 17.6 Å². The third kappa shape index (κ3) is 4.68. The van der Waals surface area contributed by atoms with Gasteiger partial charge in [0.1, 0.15) is 17.6 Å². The number of halogens is 4. The fourth-order valence-corrected chi connectivity index (χ4v) is 4.22. The molecule has 0 unspecified atom stereocenters. The van der Waals surface area contributed by atoms with Crippen molar-refractivity contribution in [2.45, 2.75) is 45.2 Å². The molecule has 0 saturated heterocycles. The van der Waals surface area contributed by atoms with E-state index in [1.165, 1.54) is 49.5 Å². The van der Waals surface area contributed by atoms with Crippen molar-refractivity contribution in [1.29, 1.82) is 0 Å². The highest BCUT2D eigenvalue weighted by Crippen LogP contribution is 2.27. The first-order valence-corrected chi connectivity index (χ1v) is 11.3. The van der Waals surface area contributed by atoms with E-state index >= 15 is 0 Å². The molecule has 0 amide bonds. The number of fused-ring (bicyclic) bond motifs is 2. The first-order valence-electron chi connectivity index (χ1n) is 11.3. The van der Waals surface area contributed by atoms with Crippen LogP contribution in [0.3, 0.4) is 0 Å². The Kier molecular flexibility index (Phi) is 5.78. The van der Waals surface area contributed by atoms with Gasteiger partial charge in [0.05, 0.1) is 11.4 Å². The Morgan fingerprint density at radius 2 is 1.89 bits per heavy atom. The van der Waals surface area contributed by atoms with Gasteiger partial charge in [-0.3, -0.25) is 9.78 Å². The van der Waals surface area contributed by atoms with Gasteiger partial charge in [0.15, 0.2) is 5.65 Å². The monoisotopic (exact) mass is 501 g/mol. The zero-order valence-electron chi connectivity index (χ0n) is 19.5. The molecule has 0 radical (unpaired) electrons. The lowest BCUT2D eigenvalue weighted by Crippen LogP contribution is -2.30. The number of anilines is 2. The molecule has 0 fully saturated rings. The second kappa shape index (κ2) is 8.70. The number of hydrogen-bond acceptors (Lipinski definition) is 6. The van der Waals surface area contributed by atoms with Crippen LogP contribution >= 0.6 is 0 Å². The number of nitrogens with zero attached hydrogens (tertiary/aromatic N) is 5. The zero-order chi connectivity index (χ0) is 25.7. The maximum absolute atomic E-state index is 14.6. The number of pyridine rings is 1. The van der Waals surface area contributed by atoms with Gasteiger partial charge in [-0.1, -0.05) is 6.07 Å². The quantitative estimate of drug-likeness (QED) is 0.400. The van der Waals surface area contributed by atoms with Crippen LogP contribution in [0.2, 0.25) is 0 Å².